The van der Waals surface area contributed by atoms with Gasteiger partial charge in [-0.25, -0.2) is 0 Å². The molecule has 548 valence electrons. The van der Waals surface area contributed by atoms with Crippen molar-refractivity contribution in [3.8, 4) is 0 Å². The number of amides is 1. The number of rotatable bonds is 75. The first-order valence-corrected chi connectivity index (χ1v) is 42.1. The van der Waals surface area contributed by atoms with Gasteiger partial charge in [-0.05, 0) is 83.5 Å². The van der Waals surface area contributed by atoms with Crippen molar-refractivity contribution < 1.29 is 32.9 Å². The van der Waals surface area contributed by atoms with Crippen LogP contribution in [0.4, 0.5) is 0 Å². The zero-order valence-corrected chi connectivity index (χ0v) is 63.8. The van der Waals surface area contributed by atoms with E-state index in [1.807, 2.05) is 27.2 Å². The number of phosphoric acid groups is 1. The first-order valence-electron chi connectivity index (χ1n) is 40.6. The van der Waals surface area contributed by atoms with Gasteiger partial charge < -0.3 is 28.8 Å². The van der Waals surface area contributed by atoms with Crippen molar-refractivity contribution in [1.82, 2.24) is 5.32 Å². The fraction of sp³-hybridized carbons (Fsp3) is 0.800. The van der Waals surface area contributed by atoms with Gasteiger partial charge in [0, 0.05) is 6.42 Å². The van der Waals surface area contributed by atoms with Crippen LogP contribution in [0.1, 0.15) is 386 Å². The number of quaternary nitrogens is 1. The fourth-order valence-corrected chi connectivity index (χ4v) is 12.8. The Morgan fingerprint density at radius 3 is 0.989 bits per heavy atom. The Morgan fingerprint density at radius 1 is 0.383 bits per heavy atom. The lowest BCUT2D eigenvalue weighted by Gasteiger charge is -2.29. The molecular weight excluding hydrogens is 1180 g/mol. The SMILES string of the molecule is CC/C=C\C/C=C\C/C=C\C/C=C\C/C=C\C/C=C\CCCCCCCCCCCCCCCCCCCCCCCCC(=O)NC(COP(=O)([O-])OCC[N+](C)(C)C)C(O)/C=C/CC/C=C/CCCCCCCCCCCCCCCCCCCCCCCCCCC. The van der Waals surface area contributed by atoms with Crippen LogP contribution in [0.2, 0.25) is 0 Å². The summed E-state index contributed by atoms with van der Waals surface area (Å²) < 4.78 is 23.5. The van der Waals surface area contributed by atoms with E-state index in [1.54, 1.807) is 6.08 Å². The van der Waals surface area contributed by atoms with Gasteiger partial charge in [0.25, 0.3) is 7.82 Å². The van der Waals surface area contributed by atoms with Crippen LogP contribution in [0.25, 0.3) is 0 Å². The van der Waals surface area contributed by atoms with Gasteiger partial charge in [-0.3, -0.25) is 9.36 Å². The summed E-state index contributed by atoms with van der Waals surface area (Å²) in [5.74, 6) is -0.202. The smallest absolute Gasteiger partial charge is 0.268 e. The number of allylic oxidation sites excluding steroid dienone is 15. The number of hydrogen-bond acceptors (Lipinski definition) is 6. The predicted octanol–water partition coefficient (Wildman–Crippen LogP) is 26.2. The van der Waals surface area contributed by atoms with Gasteiger partial charge in [-0.2, -0.15) is 0 Å². The van der Waals surface area contributed by atoms with E-state index in [2.05, 4.69) is 104 Å². The average Bonchev–Trinajstić information content (AvgIpc) is 1.77. The van der Waals surface area contributed by atoms with Crippen LogP contribution in [0, 0.1) is 0 Å². The van der Waals surface area contributed by atoms with Gasteiger partial charge in [0.2, 0.25) is 5.91 Å². The zero-order chi connectivity index (χ0) is 68.3. The maximum absolute atomic E-state index is 13.1. The summed E-state index contributed by atoms with van der Waals surface area (Å²) in [7, 11) is 1.25. The molecule has 0 fully saturated rings. The minimum Gasteiger partial charge on any atom is -0.756 e. The Balaban J connectivity index is 3.98. The fourth-order valence-electron chi connectivity index (χ4n) is 12.1. The molecule has 9 heteroatoms. The van der Waals surface area contributed by atoms with Gasteiger partial charge in [-0.15, -0.1) is 0 Å². The molecule has 0 aliphatic carbocycles. The summed E-state index contributed by atoms with van der Waals surface area (Å²) in [6.45, 7) is 4.56. The van der Waals surface area contributed by atoms with Gasteiger partial charge in [0.15, 0.2) is 0 Å². The van der Waals surface area contributed by atoms with Gasteiger partial charge >= 0.3 is 0 Å². The Morgan fingerprint density at radius 2 is 0.660 bits per heavy atom. The topological polar surface area (TPSA) is 108 Å². The summed E-state index contributed by atoms with van der Waals surface area (Å²) in [5.41, 5.74) is 0. The molecule has 0 aromatic rings. The number of aliphatic hydroxyl groups is 1. The molecule has 1 amide bonds. The number of carbonyl (C=O) groups excluding carboxylic acids is 1. The van der Waals surface area contributed by atoms with Crippen molar-refractivity contribution in [3.05, 3.63) is 97.2 Å². The van der Waals surface area contributed by atoms with Gasteiger partial charge in [0.1, 0.15) is 13.2 Å². The monoisotopic (exact) mass is 1330 g/mol. The first kappa shape index (κ1) is 91.4. The lowest BCUT2D eigenvalue weighted by atomic mass is 10.0. The van der Waals surface area contributed by atoms with Gasteiger partial charge in [-0.1, -0.05) is 394 Å². The third-order valence-electron chi connectivity index (χ3n) is 18.3. The molecule has 0 aromatic carbocycles. The molecule has 0 aromatic heterocycles. The summed E-state index contributed by atoms with van der Waals surface area (Å²) in [6.07, 6.45) is 109. The minimum absolute atomic E-state index is 0.00695. The van der Waals surface area contributed by atoms with Crippen LogP contribution in [-0.4, -0.2) is 68.5 Å². The highest BCUT2D eigenvalue weighted by Gasteiger charge is 2.23. The number of aliphatic hydroxyl groups excluding tert-OH is 1. The van der Waals surface area contributed by atoms with E-state index in [-0.39, 0.29) is 12.5 Å². The van der Waals surface area contributed by atoms with Crippen molar-refractivity contribution in [3.63, 3.8) is 0 Å². The maximum atomic E-state index is 13.1. The molecule has 0 heterocycles. The zero-order valence-electron chi connectivity index (χ0n) is 62.9. The third kappa shape index (κ3) is 76.8. The lowest BCUT2D eigenvalue weighted by molar-refractivity contribution is -0.870. The molecule has 8 nitrogen and oxygen atoms in total. The highest BCUT2D eigenvalue weighted by Crippen LogP contribution is 2.38. The first-order chi connectivity index (χ1) is 46.0. The molecule has 0 saturated carbocycles. The van der Waals surface area contributed by atoms with E-state index >= 15 is 0 Å². The maximum Gasteiger partial charge on any atom is 0.268 e. The van der Waals surface area contributed by atoms with Crippen molar-refractivity contribution in [2.24, 2.45) is 0 Å². The van der Waals surface area contributed by atoms with Crippen molar-refractivity contribution in [1.29, 1.82) is 0 Å². The molecule has 3 unspecified atom stereocenters. The number of likely N-dealkylation sites (N-methyl/N-ethyl adjacent to an activating group) is 1. The second kappa shape index (κ2) is 74.6. The summed E-state index contributed by atoms with van der Waals surface area (Å²) in [6, 6.07) is -0.908. The molecule has 0 spiro atoms. The molecule has 0 saturated heterocycles. The second-order valence-corrected chi connectivity index (χ2v) is 30.1. The van der Waals surface area contributed by atoms with E-state index in [0.717, 1.165) is 77.0 Å². The summed E-state index contributed by atoms with van der Waals surface area (Å²) in [4.78, 5) is 25.7. The largest absolute Gasteiger partial charge is 0.756 e. The number of phosphoric ester groups is 1. The van der Waals surface area contributed by atoms with Crippen molar-refractivity contribution >= 4 is 13.7 Å². The number of nitrogens with one attached hydrogen (secondary N) is 1. The number of hydrogen-bond donors (Lipinski definition) is 2. The highest BCUT2D eigenvalue weighted by molar-refractivity contribution is 7.45. The van der Waals surface area contributed by atoms with Crippen LogP contribution in [0.15, 0.2) is 97.2 Å². The van der Waals surface area contributed by atoms with Crippen LogP contribution in [-0.2, 0) is 18.4 Å². The van der Waals surface area contributed by atoms with E-state index in [9.17, 15) is 19.4 Å². The molecule has 3 atom stereocenters. The molecule has 0 aliphatic heterocycles. The lowest BCUT2D eigenvalue weighted by Crippen LogP contribution is -2.45. The van der Waals surface area contributed by atoms with E-state index < -0.39 is 26.6 Å². The molecule has 0 aliphatic rings. The number of carbonyl (C=O) groups is 1. The van der Waals surface area contributed by atoms with E-state index in [4.69, 9.17) is 9.05 Å². The molecule has 0 bridgehead atoms. The molecular formula is C85H157N2O6P. The number of unbranched alkanes of at least 4 members (excludes halogenated alkanes) is 48. The predicted molar refractivity (Wildman–Crippen MR) is 413 cm³/mol. The second-order valence-electron chi connectivity index (χ2n) is 28.7. The molecule has 2 N–H and O–H groups in total. The minimum atomic E-state index is -4.62. The highest BCUT2D eigenvalue weighted by atomic mass is 31.2. The van der Waals surface area contributed by atoms with Crippen LogP contribution < -0.4 is 10.2 Å². The average molecular weight is 1330 g/mol. The Bertz CT molecular complexity index is 1860. The van der Waals surface area contributed by atoms with Crippen LogP contribution in [0.5, 0.6) is 0 Å². The molecule has 0 radical (unpaired) electrons. The van der Waals surface area contributed by atoms with E-state index in [1.165, 1.54) is 289 Å². The summed E-state index contributed by atoms with van der Waals surface area (Å²) >= 11 is 0. The standard InChI is InChI=1S/C85H157N2O6P/c1-6-8-10-12-14-16-18-20-22-24-26-28-30-32-34-36-38-39-40-41-42-43-44-45-46-47-49-51-53-55-57-59-61-63-65-67-69-71-73-75-77-79-85(89)86-83(82-93-94(90,91)92-81-80-87(3,4)5)84(88)78-76-74-72-70-68-66-64-62-60-58-56-54-52-50-48-37-35-33-31-29-27-25-23-21-19-17-15-13-11-9-7-2/h8,10,14,16,20,22,26,28,32,34,38-39,68,70,76,78,83-84,88H,6-7,9,11-13,15,17-19,21,23-25,27,29-31,33,35-37,40-67,69,71-75,77,79-82H2,1-5H3,(H-,86,89,90,91)/b10-8-,16-14-,22-20-,28-26-,34-32-,39-38-,70-68+,78-76+. The van der Waals surface area contributed by atoms with Gasteiger partial charge in [0.05, 0.1) is 39.9 Å². The number of nitrogens with zero attached hydrogens (tertiary/aromatic N) is 1. The van der Waals surface area contributed by atoms with E-state index in [0.29, 0.717) is 17.4 Å². The Hall–Kier alpha value is -2.58. The normalized spacial score (nSPS) is 14.0. The van der Waals surface area contributed by atoms with Crippen molar-refractivity contribution in [2.45, 2.75) is 398 Å². The van der Waals surface area contributed by atoms with Crippen LogP contribution >= 0.6 is 7.82 Å². The summed E-state index contributed by atoms with van der Waals surface area (Å²) in [5, 5.41) is 14.0. The third-order valence-corrected chi connectivity index (χ3v) is 19.2. The quantitative estimate of drug-likeness (QED) is 0.0272. The molecule has 0 rings (SSSR count). The Labute approximate surface area is 585 Å². The molecule has 94 heavy (non-hydrogen) atoms. The van der Waals surface area contributed by atoms with Crippen LogP contribution in [0.3, 0.4) is 0 Å². The van der Waals surface area contributed by atoms with Crippen molar-refractivity contribution in [2.75, 3.05) is 40.9 Å². The Kier molecular flexibility index (Phi) is 72.6.